The molecule has 0 aromatic heterocycles. The minimum atomic E-state index is -2.02. The predicted molar refractivity (Wildman–Crippen MR) is 123 cm³/mol. The third kappa shape index (κ3) is 5.17. The average molecular weight is 529 g/mol. The van der Waals surface area contributed by atoms with Crippen molar-refractivity contribution >= 4 is 23.6 Å². The number of esters is 1. The number of hydrogen-bond donors (Lipinski definition) is 6. The van der Waals surface area contributed by atoms with Gasteiger partial charge in [0.1, 0.15) is 36.6 Å². The van der Waals surface area contributed by atoms with Crippen molar-refractivity contribution in [2.24, 2.45) is 11.8 Å². The molecule has 4 rings (SSSR count). The molecule has 1 saturated carbocycles. The number of halogens is 1. The van der Waals surface area contributed by atoms with E-state index in [9.17, 15) is 35.4 Å². The van der Waals surface area contributed by atoms with Crippen LogP contribution in [0.25, 0.3) is 6.08 Å². The maximum absolute atomic E-state index is 12.3. The average Bonchev–Trinajstić information content (AvgIpc) is 3.09. The van der Waals surface area contributed by atoms with E-state index >= 15 is 0 Å². The number of hydrogen-bond acceptors (Lipinski definition) is 11. The summed E-state index contributed by atoms with van der Waals surface area (Å²) in [5.74, 6) is -2.62. The highest BCUT2D eigenvalue weighted by Gasteiger charge is 2.64. The molecular formula is C24H29ClO11. The van der Waals surface area contributed by atoms with Crippen molar-refractivity contribution in [3.05, 3.63) is 54.3 Å². The van der Waals surface area contributed by atoms with Crippen LogP contribution in [0.1, 0.15) is 5.56 Å². The molecule has 2 fully saturated rings. The van der Waals surface area contributed by atoms with Gasteiger partial charge >= 0.3 is 5.97 Å². The molecule has 11 nitrogen and oxygen atoms in total. The van der Waals surface area contributed by atoms with E-state index in [-0.39, 0.29) is 0 Å². The van der Waals surface area contributed by atoms with Gasteiger partial charge in [0.15, 0.2) is 6.29 Å². The number of carbonyl (C=O) groups excluding carboxylic acids is 1. The van der Waals surface area contributed by atoms with Gasteiger partial charge in [-0.05, 0) is 17.7 Å². The van der Waals surface area contributed by atoms with E-state index in [4.69, 9.17) is 30.5 Å². The van der Waals surface area contributed by atoms with Crippen LogP contribution in [0.15, 0.2) is 48.7 Å². The number of alkyl halides is 1. The smallest absolute Gasteiger partial charge is 0.330 e. The van der Waals surface area contributed by atoms with Crippen molar-refractivity contribution in [1.82, 2.24) is 0 Å². The molecule has 2 heterocycles. The number of rotatable bonds is 7. The van der Waals surface area contributed by atoms with Crippen molar-refractivity contribution in [3.63, 3.8) is 0 Å². The first kappa shape index (κ1) is 27.0. The molecule has 0 bridgehead atoms. The molecule has 198 valence electrons. The van der Waals surface area contributed by atoms with Gasteiger partial charge in [0.05, 0.1) is 30.3 Å². The van der Waals surface area contributed by atoms with Crippen molar-refractivity contribution in [1.29, 1.82) is 0 Å². The maximum Gasteiger partial charge on any atom is 0.330 e. The predicted octanol–water partition coefficient (Wildman–Crippen LogP) is -1.13. The zero-order valence-corrected chi connectivity index (χ0v) is 19.7. The van der Waals surface area contributed by atoms with Gasteiger partial charge in [-0.25, -0.2) is 4.79 Å². The Balaban J connectivity index is 1.49. The molecule has 1 aromatic rings. The Bertz CT molecular complexity index is 957. The van der Waals surface area contributed by atoms with Crippen LogP contribution < -0.4 is 0 Å². The lowest BCUT2D eigenvalue weighted by atomic mass is 9.84. The van der Waals surface area contributed by atoms with Crippen molar-refractivity contribution in [3.8, 4) is 0 Å². The van der Waals surface area contributed by atoms with E-state index in [1.165, 1.54) is 24.5 Å². The Morgan fingerprint density at radius 2 is 1.78 bits per heavy atom. The van der Waals surface area contributed by atoms with Crippen LogP contribution >= 0.6 is 11.6 Å². The normalized spacial score (nSPS) is 42.2. The van der Waals surface area contributed by atoms with Gasteiger partial charge in [0, 0.05) is 12.0 Å². The second-order valence-corrected chi connectivity index (χ2v) is 9.48. The Morgan fingerprint density at radius 1 is 1.06 bits per heavy atom. The van der Waals surface area contributed by atoms with Gasteiger partial charge in [-0.2, -0.15) is 0 Å². The highest BCUT2D eigenvalue weighted by atomic mass is 35.5. The summed E-state index contributed by atoms with van der Waals surface area (Å²) >= 11 is 6.38. The molecule has 0 spiro atoms. The minimum Gasteiger partial charge on any atom is -0.472 e. The van der Waals surface area contributed by atoms with Crippen LogP contribution in [-0.2, 0) is 23.7 Å². The summed E-state index contributed by atoms with van der Waals surface area (Å²) in [4.78, 5) is 12.3. The largest absolute Gasteiger partial charge is 0.472 e. The molecule has 0 radical (unpaired) electrons. The Labute approximate surface area is 211 Å². The van der Waals surface area contributed by atoms with Gasteiger partial charge in [-0.1, -0.05) is 30.3 Å². The molecule has 0 unspecified atom stereocenters. The van der Waals surface area contributed by atoms with Gasteiger partial charge < -0.3 is 49.6 Å². The summed E-state index contributed by atoms with van der Waals surface area (Å²) < 4.78 is 21.8. The van der Waals surface area contributed by atoms with Gasteiger partial charge in [0.25, 0.3) is 0 Å². The third-order valence-corrected chi connectivity index (χ3v) is 7.38. The molecule has 0 amide bonds. The zero-order chi connectivity index (χ0) is 26.0. The van der Waals surface area contributed by atoms with E-state index in [1.807, 2.05) is 6.07 Å². The van der Waals surface area contributed by atoms with Gasteiger partial charge in [-0.15, -0.1) is 11.6 Å². The molecule has 3 aliphatic rings. The lowest BCUT2D eigenvalue weighted by Crippen LogP contribution is -2.61. The highest BCUT2D eigenvalue weighted by molar-refractivity contribution is 6.22. The van der Waals surface area contributed by atoms with E-state index in [2.05, 4.69) is 0 Å². The Kier molecular flexibility index (Phi) is 8.35. The second kappa shape index (κ2) is 11.1. The number of fused-ring (bicyclic) bond motifs is 1. The van der Waals surface area contributed by atoms with Crippen LogP contribution in [0.3, 0.4) is 0 Å². The Hall–Kier alpha value is -2.06. The molecule has 1 saturated heterocycles. The van der Waals surface area contributed by atoms with Crippen LogP contribution in [0.4, 0.5) is 0 Å². The number of carbonyl (C=O) groups is 1. The van der Waals surface area contributed by atoms with Crippen LogP contribution in [0.5, 0.6) is 0 Å². The van der Waals surface area contributed by atoms with Gasteiger partial charge in [-0.3, -0.25) is 0 Å². The lowest BCUT2D eigenvalue weighted by Gasteiger charge is -2.44. The molecule has 2 aliphatic heterocycles. The van der Waals surface area contributed by atoms with Crippen molar-refractivity contribution in [2.45, 2.75) is 54.1 Å². The van der Waals surface area contributed by atoms with Crippen LogP contribution in [0, 0.1) is 11.8 Å². The fourth-order valence-corrected chi connectivity index (χ4v) is 5.11. The fraction of sp³-hybridized carbons (Fsp3) is 0.542. The summed E-state index contributed by atoms with van der Waals surface area (Å²) in [7, 11) is 0. The fourth-order valence-electron chi connectivity index (χ4n) is 4.74. The summed E-state index contributed by atoms with van der Waals surface area (Å²) in [5.41, 5.74) is -1.26. The third-order valence-electron chi connectivity index (χ3n) is 6.74. The SMILES string of the molecule is O=C(/C=C/c1ccccc1)OC[C@@]1(O)[C@H]2[C@H](O[C@@H]3O[C@H](CO)[C@@H](O)[C@H](O)[C@H]3O)OC=C[C@H]2[C@H](O)[C@H]1Cl. The quantitative estimate of drug-likeness (QED) is 0.143. The number of benzene rings is 1. The molecule has 1 aliphatic carbocycles. The van der Waals surface area contributed by atoms with Crippen LogP contribution in [0.2, 0.25) is 0 Å². The van der Waals surface area contributed by atoms with E-state index < -0.39 is 85.1 Å². The molecule has 1 aromatic carbocycles. The summed E-state index contributed by atoms with van der Waals surface area (Å²) in [6.07, 6.45) is -5.01. The van der Waals surface area contributed by atoms with E-state index in [0.717, 1.165) is 5.56 Å². The standard InChI is InChI=1S/C24H29ClO11/c25-21-17(28)13-8-9-33-22(36-23-20(31)19(30)18(29)14(10-26)35-23)16(13)24(21,32)11-34-15(27)7-6-12-4-2-1-3-5-12/h1-9,13-14,16-23,26,28-32H,10-11H2/b7-6+/t13-,14-,16-,17+,18-,19+,20-,21-,22+,23+,24-/m1/s1. The zero-order valence-electron chi connectivity index (χ0n) is 19.0. The Morgan fingerprint density at radius 3 is 2.47 bits per heavy atom. The van der Waals surface area contributed by atoms with Crippen LogP contribution in [-0.4, -0.2) is 104 Å². The minimum absolute atomic E-state index is 0.608. The monoisotopic (exact) mass is 528 g/mol. The first-order chi connectivity index (χ1) is 17.2. The topological polar surface area (TPSA) is 175 Å². The molecule has 12 heteroatoms. The summed E-state index contributed by atoms with van der Waals surface area (Å²) in [5, 5.41) is 60.7. The molecule has 11 atom stereocenters. The lowest BCUT2D eigenvalue weighted by molar-refractivity contribution is -0.347. The van der Waals surface area contributed by atoms with E-state index in [1.54, 1.807) is 24.3 Å². The molecule has 6 N–H and O–H groups in total. The van der Waals surface area contributed by atoms with E-state index in [0.29, 0.717) is 0 Å². The first-order valence-corrected chi connectivity index (χ1v) is 11.8. The van der Waals surface area contributed by atoms with Crippen molar-refractivity contribution in [2.75, 3.05) is 13.2 Å². The number of aliphatic hydroxyl groups excluding tert-OH is 5. The molecular weight excluding hydrogens is 500 g/mol. The molecule has 36 heavy (non-hydrogen) atoms. The maximum atomic E-state index is 12.3. The van der Waals surface area contributed by atoms with Gasteiger partial charge in [0.2, 0.25) is 6.29 Å². The summed E-state index contributed by atoms with van der Waals surface area (Å²) in [6.45, 7) is -1.27. The highest BCUT2D eigenvalue weighted by Crippen LogP contribution is 2.49. The second-order valence-electron chi connectivity index (χ2n) is 9.00. The number of aliphatic hydroxyl groups is 6. The first-order valence-electron chi connectivity index (χ1n) is 11.4. The number of ether oxygens (including phenoxy) is 4. The summed E-state index contributed by atoms with van der Waals surface area (Å²) in [6, 6.07) is 9.01. The van der Waals surface area contributed by atoms with Crippen molar-refractivity contribution < 1.29 is 54.4 Å².